The highest BCUT2D eigenvalue weighted by Gasteiger charge is 2.28. The molecule has 0 spiro atoms. The minimum atomic E-state index is -0.384. The van der Waals surface area contributed by atoms with Gasteiger partial charge in [-0.1, -0.05) is 24.3 Å². The zero-order chi connectivity index (χ0) is 23.7. The molecule has 170 valence electrons. The Morgan fingerprint density at radius 1 is 0.912 bits per heavy atom. The molecule has 0 fully saturated rings. The lowest BCUT2D eigenvalue weighted by molar-refractivity contribution is -0.123. The Balaban J connectivity index is 1.27. The Kier molecular flexibility index (Phi) is 5.43. The van der Waals surface area contributed by atoms with Crippen LogP contribution in [0.5, 0.6) is 5.75 Å². The van der Waals surface area contributed by atoms with Crippen LogP contribution in [0.4, 0.5) is 22.7 Å². The van der Waals surface area contributed by atoms with Gasteiger partial charge in [-0.15, -0.1) is 0 Å². The van der Waals surface area contributed by atoms with E-state index in [2.05, 4.69) is 10.6 Å². The zero-order valence-corrected chi connectivity index (χ0v) is 18.0. The molecule has 0 atom stereocenters. The molecule has 0 saturated heterocycles. The molecule has 0 saturated carbocycles. The van der Waals surface area contributed by atoms with Crippen molar-refractivity contribution in [2.24, 2.45) is 0 Å². The van der Waals surface area contributed by atoms with Gasteiger partial charge < -0.3 is 15.4 Å². The second-order valence-electron chi connectivity index (χ2n) is 7.82. The molecule has 2 N–H and O–H groups in total. The van der Waals surface area contributed by atoms with E-state index in [4.69, 9.17) is 4.74 Å². The van der Waals surface area contributed by atoms with E-state index in [1.54, 1.807) is 72.8 Å². The van der Waals surface area contributed by atoms with Crippen molar-refractivity contribution in [3.05, 3.63) is 78.4 Å². The van der Waals surface area contributed by atoms with Crippen LogP contribution < -0.4 is 25.2 Å². The Bertz CT molecular complexity index is 1300. The van der Waals surface area contributed by atoms with Gasteiger partial charge >= 0.3 is 0 Å². The van der Waals surface area contributed by atoms with Gasteiger partial charge in [-0.2, -0.15) is 0 Å². The molecule has 2 heterocycles. The monoisotopic (exact) mass is 456 g/mol. The second-order valence-corrected chi connectivity index (χ2v) is 7.82. The summed E-state index contributed by atoms with van der Waals surface area (Å²) < 4.78 is 5.40. The van der Waals surface area contributed by atoms with Gasteiger partial charge in [0.15, 0.2) is 6.61 Å². The van der Waals surface area contributed by atoms with E-state index in [1.165, 1.54) is 9.80 Å². The summed E-state index contributed by atoms with van der Waals surface area (Å²) in [6, 6.07) is 20.5. The van der Waals surface area contributed by atoms with Crippen molar-refractivity contribution in [3.63, 3.8) is 0 Å². The number of nitrogens with zero attached hydrogens (tertiary/aromatic N) is 2. The van der Waals surface area contributed by atoms with Gasteiger partial charge in [0.05, 0.1) is 17.1 Å². The van der Waals surface area contributed by atoms with E-state index in [-0.39, 0.29) is 43.3 Å². The quantitative estimate of drug-likeness (QED) is 0.628. The molecule has 4 amide bonds. The Hall–Kier alpha value is -4.66. The highest BCUT2D eigenvalue weighted by molar-refractivity contribution is 6.15. The third kappa shape index (κ3) is 4.06. The Morgan fingerprint density at radius 2 is 1.62 bits per heavy atom. The molecule has 2 aliphatic rings. The molecule has 34 heavy (non-hydrogen) atoms. The number of fused-ring (bicyclic) bond motifs is 2. The predicted octanol–water partition coefficient (Wildman–Crippen LogP) is 2.65. The highest BCUT2D eigenvalue weighted by atomic mass is 16.5. The van der Waals surface area contributed by atoms with Crippen LogP contribution >= 0.6 is 0 Å². The Labute approximate surface area is 194 Å². The summed E-state index contributed by atoms with van der Waals surface area (Å²) in [5.41, 5.74) is 2.60. The van der Waals surface area contributed by atoms with E-state index in [0.29, 0.717) is 34.1 Å². The molecular weight excluding hydrogens is 436 g/mol. The van der Waals surface area contributed by atoms with Crippen molar-refractivity contribution >= 4 is 46.4 Å². The number of amides is 4. The average Bonchev–Trinajstić information content (AvgIpc) is 2.85. The maximum Gasteiger partial charge on any atom is 0.265 e. The van der Waals surface area contributed by atoms with Crippen LogP contribution in [0, 0.1) is 0 Å². The van der Waals surface area contributed by atoms with Crippen molar-refractivity contribution in [2.45, 2.75) is 0 Å². The molecule has 0 radical (unpaired) electrons. The number of para-hydroxylation sites is 4. The SMILES string of the molecule is O=C(CN1C(=O)COc2ccccc21)Nc1ccc(C(=O)N2CC(=O)Nc3ccccc32)cc1. The highest BCUT2D eigenvalue weighted by Crippen LogP contribution is 2.32. The summed E-state index contributed by atoms with van der Waals surface area (Å²) in [7, 11) is 0. The number of hydrogen-bond acceptors (Lipinski definition) is 5. The number of carbonyl (C=O) groups is 4. The number of ether oxygens (including phenoxy) is 1. The van der Waals surface area contributed by atoms with Gasteiger partial charge in [-0.3, -0.25) is 29.0 Å². The molecule has 2 aliphatic heterocycles. The molecule has 3 aromatic rings. The fourth-order valence-electron chi connectivity index (χ4n) is 3.94. The van der Waals surface area contributed by atoms with Crippen molar-refractivity contribution in [1.29, 1.82) is 0 Å². The van der Waals surface area contributed by atoms with E-state index in [1.807, 2.05) is 0 Å². The van der Waals surface area contributed by atoms with Crippen molar-refractivity contribution < 1.29 is 23.9 Å². The molecule has 5 rings (SSSR count). The molecular formula is C25H20N4O5. The number of benzene rings is 3. The first-order chi connectivity index (χ1) is 16.5. The fraction of sp³-hybridized carbons (Fsp3) is 0.120. The van der Waals surface area contributed by atoms with E-state index in [0.717, 1.165) is 0 Å². The lowest BCUT2D eigenvalue weighted by Crippen LogP contribution is -2.43. The summed E-state index contributed by atoms with van der Waals surface area (Å²) in [5.74, 6) is -0.733. The average molecular weight is 456 g/mol. The number of anilines is 4. The van der Waals surface area contributed by atoms with Crippen molar-refractivity contribution in [1.82, 2.24) is 0 Å². The van der Waals surface area contributed by atoms with Crippen LogP contribution in [0.15, 0.2) is 72.8 Å². The van der Waals surface area contributed by atoms with Crippen LogP contribution in [0.2, 0.25) is 0 Å². The maximum absolute atomic E-state index is 13.1. The van der Waals surface area contributed by atoms with Crippen LogP contribution in [0.1, 0.15) is 10.4 Å². The molecule has 0 bridgehead atoms. The Morgan fingerprint density at radius 3 is 2.41 bits per heavy atom. The maximum atomic E-state index is 13.1. The first-order valence-corrected chi connectivity index (χ1v) is 10.6. The standard InChI is InChI=1S/C25H20N4O5/c30-22(13-28-20-7-3-4-8-21(20)34-15-24(28)32)26-17-11-9-16(10-12-17)25(33)29-14-23(31)27-18-5-1-2-6-19(18)29/h1-12H,13-15H2,(H,26,30)(H,27,31). The molecule has 9 nitrogen and oxygen atoms in total. The number of nitrogens with one attached hydrogen (secondary N) is 2. The minimum absolute atomic E-state index is 0.0800. The number of carbonyl (C=O) groups excluding carboxylic acids is 4. The van der Waals surface area contributed by atoms with Crippen LogP contribution in [0.3, 0.4) is 0 Å². The molecule has 0 aliphatic carbocycles. The molecule has 0 unspecified atom stereocenters. The second kappa shape index (κ2) is 8.70. The van der Waals surface area contributed by atoms with Gasteiger partial charge in [-0.25, -0.2) is 0 Å². The molecule has 9 heteroatoms. The first kappa shape index (κ1) is 21.2. The summed E-state index contributed by atoms with van der Waals surface area (Å²) >= 11 is 0. The van der Waals surface area contributed by atoms with Gasteiger partial charge in [0.2, 0.25) is 11.8 Å². The fourth-order valence-corrected chi connectivity index (χ4v) is 3.94. The van der Waals surface area contributed by atoms with Gasteiger partial charge in [0, 0.05) is 11.3 Å². The zero-order valence-electron chi connectivity index (χ0n) is 18.0. The normalized spacial score (nSPS) is 14.5. The van der Waals surface area contributed by atoms with Crippen LogP contribution in [-0.2, 0) is 14.4 Å². The van der Waals surface area contributed by atoms with Crippen molar-refractivity contribution in [2.75, 3.05) is 40.1 Å². The van der Waals surface area contributed by atoms with Gasteiger partial charge in [0.1, 0.15) is 18.8 Å². The lowest BCUT2D eigenvalue weighted by atomic mass is 10.1. The molecule has 3 aromatic carbocycles. The number of rotatable bonds is 4. The topological polar surface area (TPSA) is 108 Å². The van der Waals surface area contributed by atoms with E-state index >= 15 is 0 Å². The summed E-state index contributed by atoms with van der Waals surface area (Å²) in [5, 5.41) is 5.50. The van der Waals surface area contributed by atoms with Gasteiger partial charge in [0.25, 0.3) is 11.8 Å². The smallest absolute Gasteiger partial charge is 0.265 e. The summed E-state index contributed by atoms with van der Waals surface area (Å²) in [4.78, 5) is 52.8. The summed E-state index contributed by atoms with van der Waals surface area (Å²) in [6.45, 7) is -0.373. The predicted molar refractivity (Wildman–Crippen MR) is 126 cm³/mol. The summed E-state index contributed by atoms with van der Waals surface area (Å²) in [6.07, 6.45) is 0. The largest absolute Gasteiger partial charge is 0.482 e. The van der Waals surface area contributed by atoms with E-state index < -0.39 is 0 Å². The molecule has 0 aromatic heterocycles. The third-order valence-electron chi connectivity index (χ3n) is 5.54. The van der Waals surface area contributed by atoms with Crippen molar-refractivity contribution in [3.8, 4) is 5.75 Å². The lowest BCUT2D eigenvalue weighted by Gasteiger charge is -2.29. The first-order valence-electron chi connectivity index (χ1n) is 10.6. The van der Waals surface area contributed by atoms with Crippen LogP contribution in [0.25, 0.3) is 0 Å². The minimum Gasteiger partial charge on any atom is -0.482 e. The van der Waals surface area contributed by atoms with Crippen LogP contribution in [-0.4, -0.2) is 43.3 Å². The van der Waals surface area contributed by atoms with Gasteiger partial charge in [-0.05, 0) is 48.5 Å². The number of hydrogen-bond donors (Lipinski definition) is 2. The third-order valence-corrected chi connectivity index (χ3v) is 5.54. The van der Waals surface area contributed by atoms with E-state index in [9.17, 15) is 19.2 Å².